The molecule has 0 spiro atoms. The van der Waals surface area contributed by atoms with E-state index in [9.17, 15) is 14.4 Å². The molecule has 0 bridgehead atoms. The molecule has 3 fully saturated rings. The normalized spacial score (nSPS) is 50.6. The highest BCUT2D eigenvalue weighted by Crippen LogP contribution is 2.65. The number of rotatable bonds is 1. The Morgan fingerprint density at radius 2 is 1.96 bits per heavy atom. The molecule has 7 atom stereocenters. The first-order valence-corrected chi connectivity index (χ1v) is 9.56. The monoisotopic (exact) mass is 328 g/mol. The van der Waals surface area contributed by atoms with Gasteiger partial charge in [-0.15, -0.1) is 0 Å². The molecule has 4 rings (SSSR count). The van der Waals surface area contributed by atoms with Crippen LogP contribution in [0.1, 0.15) is 59.3 Å². The van der Waals surface area contributed by atoms with E-state index in [-0.39, 0.29) is 22.7 Å². The van der Waals surface area contributed by atoms with Gasteiger partial charge in [0.1, 0.15) is 17.9 Å². The average molecular weight is 328 g/mol. The van der Waals surface area contributed by atoms with Crippen molar-refractivity contribution in [2.75, 3.05) is 0 Å². The van der Waals surface area contributed by atoms with Crippen LogP contribution in [-0.2, 0) is 14.4 Å². The van der Waals surface area contributed by atoms with Crippen molar-refractivity contribution >= 4 is 17.9 Å². The fraction of sp³-hybridized carbons (Fsp3) is 0.762. The largest absolute Gasteiger partial charge is 0.303 e. The highest BCUT2D eigenvalue weighted by Gasteiger charge is 2.63. The molecule has 3 nitrogen and oxygen atoms in total. The zero-order chi connectivity index (χ0) is 17.3. The number of aldehydes is 1. The number of hydrogen-bond acceptors (Lipinski definition) is 3. The van der Waals surface area contributed by atoms with Gasteiger partial charge in [0.25, 0.3) is 0 Å². The van der Waals surface area contributed by atoms with Gasteiger partial charge in [-0.25, -0.2) is 0 Å². The van der Waals surface area contributed by atoms with Crippen LogP contribution in [0.5, 0.6) is 0 Å². The molecule has 0 saturated heterocycles. The third-order valence-corrected chi connectivity index (χ3v) is 8.19. The van der Waals surface area contributed by atoms with Crippen molar-refractivity contribution in [2.45, 2.75) is 59.3 Å². The second-order valence-electron chi connectivity index (χ2n) is 9.17. The zero-order valence-electron chi connectivity index (χ0n) is 15.0. The van der Waals surface area contributed by atoms with Crippen LogP contribution < -0.4 is 0 Å². The Morgan fingerprint density at radius 3 is 2.67 bits per heavy atom. The Morgan fingerprint density at radius 1 is 1.21 bits per heavy atom. The number of carbonyl (C=O) groups is 3. The molecule has 0 N–H and O–H groups in total. The summed E-state index contributed by atoms with van der Waals surface area (Å²) in [7, 11) is 0. The van der Waals surface area contributed by atoms with Crippen LogP contribution in [0, 0.1) is 40.4 Å². The van der Waals surface area contributed by atoms with Crippen molar-refractivity contribution in [1.82, 2.24) is 0 Å². The molecule has 3 heteroatoms. The van der Waals surface area contributed by atoms with E-state index in [0.29, 0.717) is 48.6 Å². The third-order valence-electron chi connectivity index (χ3n) is 8.19. The first-order chi connectivity index (χ1) is 11.3. The van der Waals surface area contributed by atoms with Gasteiger partial charge in [-0.1, -0.05) is 25.5 Å². The van der Waals surface area contributed by atoms with E-state index in [1.807, 2.05) is 0 Å². The molecule has 0 aliphatic heterocycles. The maximum Gasteiger partial charge on any atom is 0.146 e. The first kappa shape index (κ1) is 16.2. The minimum atomic E-state index is -0.362. The second-order valence-corrected chi connectivity index (χ2v) is 9.17. The number of Topliss-reactive ketones (excluding diaryl/α,β-unsaturated/α-hetero) is 2. The van der Waals surface area contributed by atoms with E-state index in [4.69, 9.17) is 0 Å². The zero-order valence-corrected chi connectivity index (χ0v) is 15.0. The van der Waals surface area contributed by atoms with Crippen LogP contribution in [0.15, 0.2) is 11.6 Å². The van der Waals surface area contributed by atoms with Crippen LogP contribution in [0.2, 0.25) is 0 Å². The number of carbonyl (C=O) groups excluding carboxylic acids is 3. The van der Waals surface area contributed by atoms with E-state index in [0.717, 1.165) is 19.3 Å². The minimum absolute atomic E-state index is 0.128. The van der Waals surface area contributed by atoms with Crippen LogP contribution in [0.4, 0.5) is 0 Å². The van der Waals surface area contributed by atoms with E-state index in [1.165, 1.54) is 11.9 Å². The van der Waals surface area contributed by atoms with Gasteiger partial charge in [0.15, 0.2) is 0 Å². The predicted molar refractivity (Wildman–Crippen MR) is 91.2 cm³/mol. The van der Waals surface area contributed by atoms with Crippen molar-refractivity contribution in [3.63, 3.8) is 0 Å². The second kappa shape index (κ2) is 5.12. The van der Waals surface area contributed by atoms with Gasteiger partial charge >= 0.3 is 0 Å². The van der Waals surface area contributed by atoms with Gasteiger partial charge in [-0.05, 0) is 55.8 Å². The Bertz CT molecular complexity index is 647. The molecule has 0 heterocycles. The van der Waals surface area contributed by atoms with Gasteiger partial charge < -0.3 is 4.79 Å². The molecule has 0 amide bonds. The standard InChI is InChI=1S/C21H28O3/c1-12-8-14-10-15(23)9-13(2)21(14,11-22)17-6-7-20(3)16(19(12)17)4-5-18(20)24/h4,11-14,17,19H,5-10H2,1-3H3/t12-,13+,14?,17+,19+,20+,21+/m1/s1. The van der Waals surface area contributed by atoms with Crippen LogP contribution in [0.3, 0.4) is 0 Å². The molecular formula is C21H28O3. The molecule has 4 aliphatic carbocycles. The summed E-state index contributed by atoms with van der Waals surface area (Å²) < 4.78 is 0. The molecule has 24 heavy (non-hydrogen) atoms. The lowest BCUT2D eigenvalue weighted by atomic mass is 9.42. The third kappa shape index (κ3) is 1.82. The van der Waals surface area contributed by atoms with Gasteiger partial charge in [-0.2, -0.15) is 0 Å². The lowest BCUT2D eigenvalue weighted by Gasteiger charge is -2.60. The molecule has 0 aromatic heterocycles. The Kier molecular flexibility index (Phi) is 3.47. The van der Waals surface area contributed by atoms with E-state index in [1.54, 1.807) is 0 Å². The number of fused-ring (bicyclic) bond motifs is 5. The van der Waals surface area contributed by atoms with Gasteiger partial charge in [0.05, 0.1) is 0 Å². The van der Waals surface area contributed by atoms with Crippen molar-refractivity contribution < 1.29 is 14.4 Å². The van der Waals surface area contributed by atoms with E-state index in [2.05, 4.69) is 26.8 Å². The molecule has 0 radical (unpaired) electrons. The SMILES string of the molecule is C[C@@H]1CC2CC(=O)C[C@H](C)[C@]2(C=O)[C@H]2CC[C@]3(C)C(=O)CC=C3[C@H]12. The number of hydrogen-bond donors (Lipinski definition) is 0. The van der Waals surface area contributed by atoms with Gasteiger partial charge in [-0.3, -0.25) is 9.59 Å². The molecule has 130 valence electrons. The van der Waals surface area contributed by atoms with Crippen molar-refractivity contribution in [1.29, 1.82) is 0 Å². The summed E-state index contributed by atoms with van der Waals surface area (Å²) in [6.45, 7) is 6.49. The summed E-state index contributed by atoms with van der Waals surface area (Å²) >= 11 is 0. The minimum Gasteiger partial charge on any atom is -0.303 e. The predicted octanol–water partition coefficient (Wildman–Crippen LogP) is 3.76. The maximum absolute atomic E-state index is 12.5. The highest BCUT2D eigenvalue weighted by molar-refractivity contribution is 5.92. The summed E-state index contributed by atoms with van der Waals surface area (Å²) in [4.78, 5) is 37.1. The van der Waals surface area contributed by atoms with Gasteiger partial charge in [0.2, 0.25) is 0 Å². The molecular weight excluding hydrogens is 300 g/mol. The first-order valence-electron chi connectivity index (χ1n) is 9.56. The van der Waals surface area contributed by atoms with Crippen LogP contribution in [-0.4, -0.2) is 17.9 Å². The van der Waals surface area contributed by atoms with Crippen molar-refractivity contribution in [2.24, 2.45) is 40.4 Å². The molecule has 4 aliphatic rings. The molecule has 1 unspecified atom stereocenters. The fourth-order valence-corrected chi connectivity index (χ4v) is 7.01. The smallest absolute Gasteiger partial charge is 0.146 e. The summed E-state index contributed by atoms with van der Waals surface area (Å²) in [5, 5.41) is 0. The van der Waals surface area contributed by atoms with E-state index >= 15 is 0 Å². The van der Waals surface area contributed by atoms with Crippen molar-refractivity contribution in [3.05, 3.63) is 11.6 Å². The Hall–Kier alpha value is -1.25. The average Bonchev–Trinajstić information content (AvgIpc) is 2.82. The Balaban J connectivity index is 1.80. The fourth-order valence-electron chi connectivity index (χ4n) is 7.01. The molecule has 3 saturated carbocycles. The summed E-state index contributed by atoms with van der Waals surface area (Å²) in [5.74, 6) is 2.10. The van der Waals surface area contributed by atoms with E-state index < -0.39 is 0 Å². The van der Waals surface area contributed by atoms with Crippen molar-refractivity contribution in [3.8, 4) is 0 Å². The lowest BCUT2D eigenvalue weighted by molar-refractivity contribution is -0.156. The topological polar surface area (TPSA) is 51.2 Å². The molecule has 0 aromatic carbocycles. The highest BCUT2D eigenvalue weighted by atomic mass is 16.1. The van der Waals surface area contributed by atoms with Crippen LogP contribution >= 0.6 is 0 Å². The number of allylic oxidation sites excluding steroid dienone is 2. The number of ketones is 2. The van der Waals surface area contributed by atoms with Crippen LogP contribution in [0.25, 0.3) is 0 Å². The quantitative estimate of drug-likeness (QED) is 0.544. The lowest BCUT2D eigenvalue weighted by Crippen LogP contribution is -2.59. The van der Waals surface area contributed by atoms with Gasteiger partial charge in [0, 0.05) is 30.1 Å². The Labute approximate surface area is 144 Å². The summed E-state index contributed by atoms with van der Waals surface area (Å²) in [6, 6.07) is 0. The maximum atomic E-state index is 12.5. The summed E-state index contributed by atoms with van der Waals surface area (Å²) in [5.41, 5.74) is 0.666. The molecule has 0 aromatic rings. The summed E-state index contributed by atoms with van der Waals surface area (Å²) in [6.07, 6.45) is 7.83.